The Hall–Kier alpha value is -4.27. The number of carboxylic acid groups (broad SMARTS) is 1. The minimum atomic E-state index is -0.856. The predicted octanol–water partition coefficient (Wildman–Crippen LogP) is 5.72. The average molecular weight is 531 g/mol. The molecule has 1 unspecified atom stereocenters. The number of aliphatic carboxylic acids is 1. The first-order valence-corrected chi connectivity index (χ1v) is 13.0. The maximum atomic E-state index is 12.7. The Labute approximate surface area is 218 Å². The van der Waals surface area contributed by atoms with Crippen molar-refractivity contribution in [2.75, 3.05) is 5.32 Å². The molecule has 0 aliphatic heterocycles. The van der Waals surface area contributed by atoms with Gasteiger partial charge in [-0.05, 0) is 49.3 Å². The van der Waals surface area contributed by atoms with Crippen LogP contribution in [0.25, 0.3) is 20.8 Å². The smallest absolute Gasteiger partial charge is 0.412 e. The highest BCUT2D eigenvalue weighted by molar-refractivity contribution is 7.38. The van der Waals surface area contributed by atoms with Crippen LogP contribution in [-0.2, 0) is 14.9 Å². The van der Waals surface area contributed by atoms with Gasteiger partial charge in [0.1, 0.15) is 26.2 Å². The lowest BCUT2D eigenvalue weighted by Gasteiger charge is -2.13. The molecule has 2 N–H and O–H groups in total. The van der Waals surface area contributed by atoms with Gasteiger partial charge in [0.25, 0.3) is 0 Å². The number of furan rings is 1. The SMILES string of the molecule is CC(OC(=O)Nc1c(C#Cc2nc3nc(C4(C(=O)O)CC4)sc3s2)oc2ncccc12)c1ccccc1. The second kappa shape index (κ2) is 8.99. The summed E-state index contributed by atoms with van der Waals surface area (Å²) < 4.78 is 12.2. The molecule has 1 saturated carbocycles. The minimum absolute atomic E-state index is 0.216. The molecule has 37 heavy (non-hydrogen) atoms. The van der Waals surface area contributed by atoms with Crippen molar-refractivity contribution in [3.8, 4) is 11.8 Å². The van der Waals surface area contributed by atoms with E-state index in [0.29, 0.717) is 45.3 Å². The van der Waals surface area contributed by atoms with E-state index in [1.165, 1.54) is 22.7 Å². The topological polar surface area (TPSA) is 127 Å². The first-order chi connectivity index (χ1) is 17.9. The van der Waals surface area contributed by atoms with E-state index in [2.05, 4.69) is 32.1 Å². The lowest BCUT2D eigenvalue weighted by atomic mass is 10.1. The zero-order chi connectivity index (χ0) is 25.6. The molecule has 9 nitrogen and oxygen atoms in total. The molecule has 5 aromatic rings. The van der Waals surface area contributed by atoms with Crippen LogP contribution in [0.15, 0.2) is 53.1 Å². The highest BCUT2D eigenvalue weighted by Gasteiger charge is 2.54. The van der Waals surface area contributed by atoms with Gasteiger partial charge >= 0.3 is 12.1 Å². The molecule has 4 heterocycles. The second-order valence-corrected chi connectivity index (χ2v) is 10.8. The first-order valence-electron chi connectivity index (χ1n) is 11.4. The summed E-state index contributed by atoms with van der Waals surface area (Å²) in [7, 11) is 0. The van der Waals surface area contributed by atoms with E-state index in [4.69, 9.17) is 9.15 Å². The monoisotopic (exact) mass is 530 g/mol. The number of hydrogen-bond acceptors (Lipinski definition) is 9. The average Bonchev–Trinajstić information content (AvgIpc) is 3.33. The summed E-state index contributed by atoms with van der Waals surface area (Å²) in [6.07, 6.45) is 1.68. The third-order valence-electron chi connectivity index (χ3n) is 6.07. The maximum Gasteiger partial charge on any atom is 0.412 e. The molecule has 0 radical (unpaired) electrons. The number of hydrogen-bond donors (Lipinski definition) is 2. The van der Waals surface area contributed by atoms with Crippen LogP contribution in [0.5, 0.6) is 0 Å². The van der Waals surface area contributed by atoms with Crippen LogP contribution >= 0.6 is 22.7 Å². The van der Waals surface area contributed by atoms with Crippen LogP contribution in [0.4, 0.5) is 10.5 Å². The molecule has 4 aromatic heterocycles. The van der Waals surface area contributed by atoms with E-state index in [0.717, 1.165) is 9.58 Å². The van der Waals surface area contributed by atoms with Gasteiger partial charge in [-0.2, -0.15) is 0 Å². The number of carbonyl (C=O) groups excluding carboxylic acids is 1. The van der Waals surface area contributed by atoms with Gasteiger partial charge in [0.15, 0.2) is 10.7 Å². The van der Waals surface area contributed by atoms with Crippen molar-refractivity contribution in [1.29, 1.82) is 0 Å². The quantitative estimate of drug-likeness (QED) is 0.276. The molecular weight excluding hydrogens is 512 g/mol. The number of pyridine rings is 1. The van der Waals surface area contributed by atoms with Crippen LogP contribution in [0.3, 0.4) is 0 Å². The van der Waals surface area contributed by atoms with Crippen LogP contribution in [0.2, 0.25) is 0 Å². The summed E-state index contributed by atoms with van der Waals surface area (Å²) in [5, 5.41) is 13.9. The molecule has 0 bridgehead atoms. The summed E-state index contributed by atoms with van der Waals surface area (Å²) in [5.41, 5.74) is 1.19. The minimum Gasteiger partial charge on any atom is -0.481 e. The Kier molecular flexibility index (Phi) is 5.62. The summed E-state index contributed by atoms with van der Waals surface area (Å²) in [6.45, 7) is 1.79. The van der Waals surface area contributed by atoms with Crippen molar-refractivity contribution in [2.24, 2.45) is 0 Å². The van der Waals surface area contributed by atoms with E-state index in [1.807, 2.05) is 30.3 Å². The van der Waals surface area contributed by atoms with Crippen molar-refractivity contribution in [3.05, 3.63) is 70.0 Å². The van der Waals surface area contributed by atoms with Crippen LogP contribution < -0.4 is 5.32 Å². The predicted molar refractivity (Wildman–Crippen MR) is 139 cm³/mol. The Morgan fingerprint density at radius 2 is 1.95 bits per heavy atom. The molecule has 1 atom stereocenters. The number of anilines is 1. The van der Waals surface area contributed by atoms with Crippen LogP contribution in [0, 0.1) is 11.8 Å². The molecular formula is C26H18N4O5S2. The van der Waals surface area contributed by atoms with Crippen LogP contribution in [0.1, 0.15) is 47.2 Å². The number of aromatic nitrogens is 3. The number of fused-ring (bicyclic) bond motifs is 2. The van der Waals surface area contributed by atoms with Crippen molar-refractivity contribution in [2.45, 2.75) is 31.3 Å². The fourth-order valence-electron chi connectivity index (χ4n) is 3.88. The van der Waals surface area contributed by atoms with Gasteiger partial charge in [-0.3, -0.25) is 10.1 Å². The molecule has 6 rings (SSSR count). The number of carbonyl (C=O) groups is 2. The third kappa shape index (κ3) is 4.30. The van der Waals surface area contributed by atoms with E-state index < -0.39 is 23.6 Å². The van der Waals surface area contributed by atoms with E-state index in [1.54, 1.807) is 25.3 Å². The van der Waals surface area contributed by atoms with Gasteiger partial charge in [0, 0.05) is 6.20 Å². The number of ether oxygens (including phenoxy) is 1. The maximum absolute atomic E-state index is 12.7. The summed E-state index contributed by atoms with van der Waals surface area (Å²) in [5.74, 6) is 5.28. The lowest BCUT2D eigenvalue weighted by Crippen LogP contribution is -2.18. The van der Waals surface area contributed by atoms with E-state index in [-0.39, 0.29) is 5.76 Å². The number of amides is 1. The fourth-order valence-corrected chi connectivity index (χ4v) is 6.09. The molecule has 1 amide bonds. The van der Waals surface area contributed by atoms with Crippen molar-refractivity contribution in [1.82, 2.24) is 15.0 Å². The van der Waals surface area contributed by atoms with Gasteiger partial charge in [-0.15, -0.1) is 11.3 Å². The summed E-state index contributed by atoms with van der Waals surface area (Å²) >= 11 is 2.68. The molecule has 1 aliphatic rings. The fraction of sp³-hybridized carbons (Fsp3) is 0.192. The van der Waals surface area contributed by atoms with Crippen molar-refractivity contribution in [3.63, 3.8) is 0 Å². The molecule has 1 aromatic carbocycles. The number of nitrogens with zero attached hydrogens (tertiary/aromatic N) is 3. The van der Waals surface area contributed by atoms with Crippen molar-refractivity contribution >= 4 is 61.2 Å². The largest absolute Gasteiger partial charge is 0.481 e. The van der Waals surface area contributed by atoms with E-state index in [9.17, 15) is 14.7 Å². The standard InChI is InChI=1S/C26H18N4O5S2/c1-14(15-6-3-2-4-7-15)34-25(33)29-19-16-8-5-13-27-21(16)35-17(19)9-10-18-28-20-22(36-18)37-23(30-20)26(11-12-26)24(31)32/h2-8,13-14H,11-12H2,1H3,(H,29,33)(H,31,32). The normalized spacial score (nSPS) is 14.6. The molecule has 11 heteroatoms. The first kappa shape index (κ1) is 23.1. The lowest BCUT2D eigenvalue weighted by molar-refractivity contribution is -0.140. The van der Waals surface area contributed by atoms with Crippen molar-refractivity contribution < 1.29 is 23.8 Å². The van der Waals surface area contributed by atoms with Gasteiger partial charge in [-0.25, -0.2) is 19.7 Å². The molecule has 0 spiro atoms. The Morgan fingerprint density at radius 3 is 2.68 bits per heavy atom. The Morgan fingerprint density at radius 1 is 1.14 bits per heavy atom. The molecule has 1 fully saturated rings. The Bertz CT molecular complexity index is 1690. The highest BCUT2D eigenvalue weighted by atomic mass is 32.2. The summed E-state index contributed by atoms with van der Waals surface area (Å²) in [6, 6.07) is 12.9. The zero-order valence-electron chi connectivity index (χ0n) is 19.3. The number of carboxylic acids is 1. The molecule has 184 valence electrons. The third-order valence-corrected chi connectivity index (χ3v) is 8.37. The Balaban J connectivity index is 1.26. The van der Waals surface area contributed by atoms with Gasteiger partial charge in [0.05, 0.1) is 5.39 Å². The summed E-state index contributed by atoms with van der Waals surface area (Å²) in [4.78, 5) is 37.4. The number of thiazole rings is 2. The van der Waals surface area contributed by atoms with Gasteiger partial charge in [0.2, 0.25) is 11.5 Å². The highest BCUT2D eigenvalue weighted by Crippen LogP contribution is 2.51. The zero-order valence-corrected chi connectivity index (χ0v) is 21.0. The van der Waals surface area contributed by atoms with Gasteiger partial charge < -0.3 is 14.3 Å². The number of rotatable bonds is 5. The van der Waals surface area contributed by atoms with Crippen LogP contribution in [-0.4, -0.2) is 32.1 Å². The van der Waals surface area contributed by atoms with Gasteiger partial charge in [-0.1, -0.05) is 41.7 Å². The molecule has 1 aliphatic carbocycles. The second-order valence-electron chi connectivity index (χ2n) is 8.53. The van der Waals surface area contributed by atoms with E-state index >= 15 is 0 Å². The molecule has 0 saturated heterocycles. The number of nitrogens with one attached hydrogen (secondary N) is 1. The number of benzene rings is 1.